The normalized spacial score (nSPS) is 27.1. The Labute approximate surface area is 259 Å². The molecular formula is C29H37N6O9P. The molecular weight excluding hydrogens is 607 g/mol. The van der Waals surface area contributed by atoms with E-state index in [1.165, 1.54) is 23.8 Å². The van der Waals surface area contributed by atoms with Crippen LogP contribution in [0.3, 0.4) is 0 Å². The third kappa shape index (κ3) is 6.68. The first-order valence-electron chi connectivity index (χ1n) is 14.4. The number of benzene rings is 1. The number of carbonyl (C=O) groups is 1. The lowest BCUT2D eigenvalue weighted by Crippen LogP contribution is -2.41. The third-order valence-corrected chi connectivity index (χ3v) is 9.36. The molecule has 2 aromatic heterocycles. The Morgan fingerprint density at radius 1 is 1.29 bits per heavy atom. The molecule has 0 bridgehead atoms. The fourth-order valence-corrected chi connectivity index (χ4v) is 6.63. The number of hydrogen-bond acceptors (Lipinski definition) is 13. The second-order valence-corrected chi connectivity index (χ2v) is 13.7. The first-order chi connectivity index (χ1) is 21.3. The standard InChI is InChI=1S/C29H37N6O9P/c1-17(27(38)42-20-11-12-40-13-20)34-45(39,44-19-7-5-18(6-8-19)28(2,3)4)41-14-22-24(36)25(37)29(15-30,43-22)23-10-9-21-26(31)32-16-33-35(21)23/h5-10,16-17,20,22,24-25,36-37H,11-14H2,1-4H3,(H,34,39)(H2,31,32,33)/t17-,20-,22+,24+,25+,29-,45?/m0/s1. The Bertz CT molecular complexity index is 1610. The van der Waals surface area contributed by atoms with Gasteiger partial charge in [-0.1, -0.05) is 32.9 Å². The summed E-state index contributed by atoms with van der Waals surface area (Å²) in [6, 6.07) is 10.7. The number of rotatable bonds is 10. The van der Waals surface area contributed by atoms with Crippen LogP contribution in [0.4, 0.5) is 5.82 Å². The summed E-state index contributed by atoms with van der Waals surface area (Å²) in [4.78, 5) is 16.7. The van der Waals surface area contributed by atoms with Gasteiger partial charge in [-0.2, -0.15) is 15.4 Å². The highest BCUT2D eigenvalue weighted by molar-refractivity contribution is 7.52. The molecule has 5 rings (SSSR count). The van der Waals surface area contributed by atoms with Crippen molar-refractivity contribution in [3.05, 3.63) is 54.0 Å². The molecule has 0 saturated carbocycles. The van der Waals surface area contributed by atoms with Crippen LogP contribution >= 0.6 is 7.75 Å². The summed E-state index contributed by atoms with van der Waals surface area (Å²) in [5, 5.41) is 38.9. The number of nitrogens with one attached hydrogen (secondary N) is 1. The Morgan fingerprint density at radius 3 is 2.67 bits per heavy atom. The zero-order valence-corrected chi connectivity index (χ0v) is 26.2. The zero-order valence-electron chi connectivity index (χ0n) is 25.3. The van der Waals surface area contributed by atoms with Crippen molar-refractivity contribution < 1.29 is 42.8 Å². The highest BCUT2D eigenvalue weighted by Crippen LogP contribution is 2.47. The monoisotopic (exact) mass is 644 g/mol. The SMILES string of the molecule is C[C@H](NP(=O)(OC[C@H]1O[C@@](C#N)(c2ccc3c(N)ncnn23)[C@H](O)[C@@H]1O)Oc1ccc(C(C)(C)C)cc1)C(=O)O[C@H]1CCOC1. The summed E-state index contributed by atoms with van der Waals surface area (Å²) in [6.07, 6.45) is -3.48. The maximum absolute atomic E-state index is 14.1. The predicted molar refractivity (Wildman–Crippen MR) is 159 cm³/mol. The van der Waals surface area contributed by atoms with E-state index in [4.69, 9.17) is 29.0 Å². The lowest BCUT2D eigenvalue weighted by Gasteiger charge is -2.26. The lowest BCUT2D eigenvalue weighted by molar-refractivity contribution is -0.150. The van der Waals surface area contributed by atoms with Crippen LogP contribution < -0.4 is 15.3 Å². The average Bonchev–Trinajstić information content (AvgIpc) is 3.72. The highest BCUT2D eigenvalue weighted by Gasteiger charge is 2.58. The summed E-state index contributed by atoms with van der Waals surface area (Å²) in [7, 11) is -4.39. The van der Waals surface area contributed by atoms with Crippen LogP contribution in [0.15, 0.2) is 42.7 Å². The maximum Gasteiger partial charge on any atom is 0.459 e. The number of aliphatic hydroxyl groups excluding tert-OH is 2. The molecule has 45 heavy (non-hydrogen) atoms. The number of nitrogen functional groups attached to an aromatic ring is 1. The molecule has 2 fully saturated rings. The second-order valence-electron chi connectivity index (χ2n) is 12.0. The van der Waals surface area contributed by atoms with Crippen LogP contribution in [0.25, 0.3) is 5.52 Å². The topological polar surface area (TPSA) is 213 Å². The van der Waals surface area contributed by atoms with Crippen molar-refractivity contribution in [3.63, 3.8) is 0 Å². The number of hydrogen-bond donors (Lipinski definition) is 4. The molecule has 2 saturated heterocycles. The van der Waals surface area contributed by atoms with Crippen molar-refractivity contribution in [1.29, 1.82) is 5.26 Å². The minimum Gasteiger partial charge on any atom is -0.459 e. The van der Waals surface area contributed by atoms with E-state index >= 15 is 0 Å². The van der Waals surface area contributed by atoms with Gasteiger partial charge >= 0.3 is 13.7 Å². The lowest BCUT2D eigenvalue weighted by atomic mass is 9.87. The first-order valence-corrected chi connectivity index (χ1v) is 16.0. The molecule has 2 aliphatic heterocycles. The molecule has 2 aliphatic rings. The Balaban J connectivity index is 1.37. The van der Waals surface area contributed by atoms with Gasteiger partial charge in [0.2, 0.25) is 5.60 Å². The van der Waals surface area contributed by atoms with E-state index in [-0.39, 0.29) is 29.3 Å². The van der Waals surface area contributed by atoms with Crippen LogP contribution in [0.1, 0.15) is 45.4 Å². The quantitative estimate of drug-likeness (QED) is 0.184. The van der Waals surface area contributed by atoms with E-state index in [1.54, 1.807) is 18.2 Å². The molecule has 0 radical (unpaired) electrons. The number of aliphatic hydroxyl groups is 2. The largest absolute Gasteiger partial charge is 0.459 e. The smallest absolute Gasteiger partial charge is 0.459 e. The summed E-state index contributed by atoms with van der Waals surface area (Å²) < 4.78 is 43.6. The van der Waals surface area contributed by atoms with Crippen LogP contribution in [-0.2, 0) is 39.1 Å². The Kier molecular flexibility index (Phi) is 9.21. The summed E-state index contributed by atoms with van der Waals surface area (Å²) in [6.45, 7) is 7.70. The maximum atomic E-state index is 14.1. The summed E-state index contributed by atoms with van der Waals surface area (Å²) in [5.74, 6) is -0.386. The van der Waals surface area contributed by atoms with Gasteiger partial charge in [0, 0.05) is 6.42 Å². The molecule has 0 spiro atoms. The number of fused-ring (bicyclic) bond motifs is 1. The minimum atomic E-state index is -4.39. The van der Waals surface area contributed by atoms with E-state index in [2.05, 4.69) is 15.2 Å². The number of nitrogens with zero attached hydrogens (tertiary/aromatic N) is 4. The van der Waals surface area contributed by atoms with E-state index in [0.717, 1.165) is 5.56 Å². The number of carbonyl (C=O) groups excluding carboxylic acids is 1. The van der Waals surface area contributed by atoms with Crippen molar-refractivity contribution in [2.45, 2.75) is 75.6 Å². The minimum absolute atomic E-state index is 0.0897. The second kappa shape index (κ2) is 12.6. The number of nitriles is 1. The molecule has 7 atom stereocenters. The van der Waals surface area contributed by atoms with E-state index in [9.17, 15) is 24.8 Å². The van der Waals surface area contributed by atoms with Crippen molar-refractivity contribution in [3.8, 4) is 11.8 Å². The molecule has 1 aromatic carbocycles. The number of anilines is 1. The van der Waals surface area contributed by atoms with Gasteiger partial charge in [0.05, 0.1) is 25.5 Å². The van der Waals surface area contributed by atoms with Gasteiger partial charge in [0.15, 0.2) is 5.82 Å². The fraction of sp³-hybridized carbons (Fsp3) is 0.517. The van der Waals surface area contributed by atoms with E-state index in [1.807, 2.05) is 39.0 Å². The third-order valence-electron chi connectivity index (χ3n) is 7.72. The van der Waals surface area contributed by atoms with Gasteiger partial charge in [-0.25, -0.2) is 14.1 Å². The Hall–Kier alpha value is -3.61. The van der Waals surface area contributed by atoms with Gasteiger partial charge in [-0.15, -0.1) is 0 Å². The van der Waals surface area contributed by atoms with E-state index in [0.29, 0.717) is 18.5 Å². The molecule has 0 amide bonds. The van der Waals surface area contributed by atoms with Gasteiger partial charge in [-0.05, 0) is 42.2 Å². The zero-order chi connectivity index (χ0) is 32.6. The van der Waals surface area contributed by atoms with Crippen LogP contribution in [0.5, 0.6) is 5.75 Å². The molecule has 0 aliphatic carbocycles. The molecule has 1 unspecified atom stereocenters. The molecule has 16 heteroatoms. The fourth-order valence-electron chi connectivity index (χ4n) is 5.13. The van der Waals surface area contributed by atoms with Crippen molar-refractivity contribution in [2.24, 2.45) is 0 Å². The van der Waals surface area contributed by atoms with Gasteiger partial charge in [-0.3, -0.25) is 9.32 Å². The first kappa shape index (κ1) is 32.8. The van der Waals surface area contributed by atoms with E-state index < -0.39 is 56.4 Å². The summed E-state index contributed by atoms with van der Waals surface area (Å²) in [5.41, 5.74) is 5.13. The van der Waals surface area contributed by atoms with Gasteiger partial charge in [0.1, 0.15) is 54.1 Å². The molecule has 15 nitrogen and oxygen atoms in total. The number of aromatic nitrogens is 3. The molecule has 4 heterocycles. The van der Waals surface area contributed by atoms with Crippen LogP contribution in [0, 0.1) is 11.3 Å². The van der Waals surface area contributed by atoms with Crippen molar-refractivity contribution >= 4 is 25.1 Å². The predicted octanol–water partition coefficient (Wildman–Crippen LogP) is 1.96. The number of nitrogens with two attached hydrogens (primary N) is 1. The van der Waals surface area contributed by atoms with Crippen LogP contribution in [-0.4, -0.2) is 81.1 Å². The summed E-state index contributed by atoms with van der Waals surface area (Å²) >= 11 is 0. The molecule has 242 valence electrons. The van der Waals surface area contributed by atoms with Crippen LogP contribution in [0.2, 0.25) is 0 Å². The van der Waals surface area contributed by atoms with Crippen molar-refractivity contribution in [1.82, 2.24) is 19.7 Å². The average molecular weight is 645 g/mol. The van der Waals surface area contributed by atoms with Gasteiger partial charge < -0.3 is 34.7 Å². The highest BCUT2D eigenvalue weighted by atomic mass is 31.2. The molecule has 5 N–H and O–H groups in total. The van der Waals surface area contributed by atoms with Crippen molar-refractivity contribution in [2.75, 3.05) is 25.6 Å². The number of ether oxygens (including phenoxy) is 3. The van der Waals surface area contributed by atoms with Gasteiger partial charge in [0.25, 0.3) is 0 Å². The number of esters is 1. The molecule has 3 aromatic rings. The Morgan fingerprint density at radius 2 is 2.02 bits per heavy atom.